The molecule has 2 nitrogen and oxygen atoms in total. The molecule has 108 valence electrons. The monoisotopic (exact) mass is 278 g/mol. The lowest BCUT2D eigenvalue weighted by atomic mass is 10.0. The molecule has 2 heteroatoms. The van der Waals surface area contributed by atoms with Gasteiger partial charge in [-0.3, -0.25) is 0 Å². The zero-order valence-electron chi connectivity index (χ0n) is 12.7. The molecule has 0 atom stereocenters. The average Bonchev–Trinajstić information content (AvgIpc) is 2.87. The Morgan fingerprint density at radius 2 is 1.67 bits per heavy atom. The van der Waals surface area contributed by atoms with E-state index in [4.69, 9.17) is 0 Å². The zero-order valence-corrected chi connectivity index (χ0v) is 12.7. The van der Waals surface area contributed by atoms with Gasteiger partial charge in [-0.05, 0) is 30.2 Å². The topological polar surface area (TPSA) is 27.8 Å². The number of H-pyrrole nitrogens is 1. The van der Waals surface area contributed by atoms with Crippen molar-refractivity contribution in [1.82, 2.24) is 10.3 Å². The number of fused-ring (bicyclic) bond motifs is 1. The van der Waals surface area contributed by atoms with Gasteiger partial charge >= 0.3 is 0 Å². The summed E-state index contributed by atoms with van der Waals surface area (Å²) in [6.07, 6.45) is 1.03. The number of benzene rings is 2. The number of nitrogens with one attached hydrogen (secondary N) is 2. The van der Waals surface area contributed by atoms with Gasteiger partial charge in [0.25, 0.3) is 0 Å². The molecule has 0 saturated carbocycles. The average molecular weight is 278 g/mol. The Morgan fingerprint density at radius 1 is 0.952 bits per heavy atom. The van der Waals surface area contributed by atoms with E-state index >= 15 is 0 Å². The van der Waals surface area contributed by atoms with Crippen LogP contribution in [0.2, 0.25) is 0 Å². The van der Waals surface area contributed by atoms with Gasteiger partial charge < -0.3 is 10.3 Å². The third-order valence-electron chi connectivity index (χ3n) is 3.80. The lowest BCUT2D eigenvalue weighted by molar-refractivity contribution is 0.591. The van der Waals surface area contributed by atoms with Crippen LogP contribution in [0.25, 0.3) is 22.2 Å². The van der Waals surface area contributed by atoms with Crippen LogP contribution >= 0.6 is 0 Å². The first-order valence-electron chi connectivity index (χ1n) is 7.64. The molecule has 0 fully saturated rings. The molecule has 2 N–H and O–H groups in total. The first kappa shape index (κ1) is 13.9. The molecule has 0 radical (unpaired) electrons. The minimum Gasteiger partial charge on any atom is -0.354 e. The number of hydrogen-bond acceptors (Lipinski definition) is 1. The van der Waals surface area contributed by atoms with Crippen molar-refractivity contribution in [2.24, 2.45) is 0 Å². The summed E-state index contributed by atoms with van der Waals surface area (Å²) in [7, 11) is 0. The summed E-state index contributed by atoms with van der Waals surface area (Å²) in [5.41, 5.74) is 5.14. The van der Waals surface area contributed by atoms with Crippen molar-refractivity contribution in [3.63, 3.8) is 0 Å². The first-order chi connectivity index (χ1) is 10.3. The van der Waals surface area contributed by atoms with Crippen LogP contribution < -0.4 is 5.32 Å². The quantitative estimate of drug-likeness (QED) is 0.712. The number of aromatic nitrogens is 1. The maximum atomic E-state index is 3.59. The van der Waals surface area contributed by atoms with E-state index < -0.39 is 0 Å². The highest BCUT2D eigenvalue weighted by Crippen LogP contribution is 2.30. The summed E-state index contributed by atoms with van der Waals surface area (Å²) in [5.74, 6) is 0. The van der Waals surface area contributed by atoms with Crippen molar-refractivity contribution in [3.05, 3.63) is 60.2 Å². The molecule has 0 unspecified atom stereocenters. The smallest absolute Gasteiger partial charge is 0.0497 e. The van der Waals surface area contributed by atoms with Gasteiger partial charge in [0.2, 0.25) is 0 Å². The second kappa shape index (κ2) is 6.15. The van der Waals surface area contributed by atoms with Crippen LogP contribution in [-0.2, 0) is 6.42 Å². The zero-order chi connectivity index (χ0) is 14.7. The summed E-state index contributed by atoms with van der Waals surface area (Å²) in [6, 6.07) is 19.7. The first-order valence-corrected chi connectivity index (χ1v) is 7.64. The van der Waals surface area contributed by atoms with Crippen LogP contribution in [0, 0.1) is 0 Å². The van der Waals surface area contributed by atoms with Gasteiger partial charge in [0, 0.05) is 22.6 Å². The van der Waals surface area contributed by atoms with E-state index in [1.165, 1.54) is 27.7 Å². The van der Waals surface area contributed by atoms with E-state index in [0.29, 0.717) is 6.04 Å². The largest absolute Gasteiger partial charge is 0.354 e. The van der Waals surface area contributed by atoms with Gasteiger partial charge in [0.15, 0.2) is 0 Å². The number of rotatable bonds is 5. The fourth-order valence-electron chi connectivity index (χ4n) is 2.80. The Morgan fingerprint density at radius 3 is 2.43 bits per heavy atom. The van der Waals surface area contributed by atoms with Gasteiger partial charge in [-0.1, -0.05) is 62.4 Å². The fourth-order valence-corrected chi connectivity index (χ4v) is 2.80. The lowest BCUT2D eigenvalue weighted by Crippen LogP contribution is -2.25. The number of para-hydroxylation sites is 1. The van der Waals surface area contributed by atoms with Crippen molar-refractivity contribution >= 4 is 10.9 Å². The van der Waals surface area contributed by atoms with Crippen LogP contribution in [0.3, 0.4) is 0 Å². The molecule has 0 aliphatic carbocycles. The molecule has 2 aromatic carbocycles. The number of aromatic amines is 1. The van der Waals surface area contributed by atoms with E-state index in [1.807, 2.05) is 0 Å². The molecule has 0 bridgehead atoms. The molecular weight excluding hydrogens is 256 g/mol. The molecular formula is C19H22N2. The highest BCUT2D eigenvalue weighted by molar-refractivity contribution is 5.90. The summed E-state index contributed by atoms with van der Waals surface area (Å²) in [4.78, 5) is 3.59. The Kier molecular flexibility index (Phi) is 4.07. The highest BCUT2D eigenvalue weighted by Gasteiger charge is 2.12. The van der Waals surface area contributed by atoms with Crippen LogP contribution in [0.5, 0.6) is 0 Å². The highest BCUT2D eigenvalue weighted by atomic mass is 14.9. The number of hydrogen-bond donors (Lipinski definition) is 2. The molecule has 1 heterocycles. The Labute approximate surface area is 126 Å². The Hall–Kier alpha value is -2.06. The minimum absolute atomic E-state index is 0.524. The van der Waals surface area contributed by atoms with Crippen molar-refractivity contribution in [2.75, 3.05) is 6.54 Å². The second-order valence-corrected chi connectivity index (χ2v) is 5.75. The third kappa shape index (κ3) is 3.01. The standard InChI is InChI=1S/C19H22N2/c1-14(2)20-13-12-17-16-10-6-7-11-18(16)21-19(17)15-8-4-3-5-9-15/h3-11,14,20-21H,12-13H2,1-2H3. The van der Waals surface area contributed by atoms with E-state index in [0.717, 1.165) is 13.0 Å². The van der Waals surface area contributed by atoms with Crippen LogP contribution in [-0.4, -0.2) is 17.6 Å². The lowest BCUT2D eigenvalue weighted by Gasteiger charge is -2.09. The summed E-state index contributed by atoms with van der Waals surface area (Å²) in [6.45, 7) is 5.38. The summed E-state index contributed by atoms with van der Waals surface area (Å²) in [5, 5.41) is 4.85. The molecule has 21 heavy (non-hydrogen) atoms. The molecule has 1 aromatic heterocycles. The normalized spacial score (nSPS) is 11.4. The second-order valence-electron chi connectivity index (χ2n) is 5.75. The van der Waals surface area contributed by atoms with Crippen molar-refractivity contribution in [2.45, 2.75) is 26.3 Å². The van der Waals surface area contributed by atoms with Crippen LogP contribution in [0.15, 0.2) is 54.6 Å². The molecule has 0 aliphatic heterocycles. The summed E-state index contributed by atoms with van der Waals surface area (Å²) < 4.78 is 0. The Balaban J connectivity index is 2.02. The summed E-state index contributed by atoms with van der Waals surface area (Å²) >= 11 is 0. The fraction of sp³-hybridized carbons (Fsp3) is 0.263. The third-order valence-corrected chi connectivity index (χ3v) is 3.80. The molecule has 0 amide bonds. The van der Waals surface area contributed by atoms with E-state index in [1.54, 1.807) is 0 Å². The van der Waals surface area contributed by atoms with Crippen molar-refractivity contribution < 1.29 is 0 Å². The molecule has 0 spiro atoms. The Bertz CT molecular complexity index is 711. The molecule has 3 aromatic rings. The maximum absolute atomic E-state index is 3.59. The predicted molar refractivity (Wildman–Crippen MR) is 90.6 cm³/mol. The maximum Gasteiger partial charge on any atom is 0.0497 e. The van der Waals surface area contributed by atoms with Gasteiger partial charge in [-0.15, -0.1) is 0 Å². The predicted octanol–water partition coefficient (Wildman–Crippen LogP) is 4.38. The SMILES string of the molecule is CC(C)NCCc1c(-c2ccccc2)[nH]c2ccccc12. The van der Waals surface area contributed by atoms with E-state index in [9.17, 15) is 0 Å². The molecule has 3 rings (SSSR count). The van der Waals surface area contributed by atoms with Gasteiger partial charge in [0.1, 0.15) is 0 Å². The van der Waals surface area contributed by atoms with E-state index in [2.05, 4.69) is 78.7 Å². The van der Waals surface area contributed by atoms with Gasteiger partial charge in [-0.25, -0.2) is 0 Å². The van der Waals surface area contributed by atoms with Crippen LogP contribution in [0.1, 0.15) is 19.4 Å². The van der Waals surface area contributed by atoms with Crippen molar-refractivity contribution in [1.29, 1.82) is 0 Å². The van der Waals surface area contributed by atoms with Crippen LogP contribution in [0.4, 0.5) is 0 Å². The van der Waals surface area contributed by atoms with Gasteiger partial charge in [0.05, 0.1) is 0 Å². The van der Waals surface area contributed by atoms with Gasteiger partial charge in [-0.2, -0.15) is 0 Å². The van der Waals surface area contributed by atoms with E-state index in [-0.39, 0.29) is 0 Å². The molecule has 0 aliphatic rings. The molecule has 0 saturated heterocycles. The minimum atomic E-state index is 0.524. The van der Waals surface area contributed by atoms with Crippen molar-refractivity contribution in [3.8, 4) is 11.3 Å².